The number of hydrogen-bond donors (Lipinski definition) is 0. The molecule has 0 fully saturated rings. The summed E-state index contributed by atoms with van der Waals surface area (Å²) >= 11 is 10.1. The molecule has 114 valence electrons. The molecule has 0 N–H and O–H groups in total. The first-order valence-corrected chi connectivity index (χ1v) is 8.89. The van der Waals surface area contributed by atoms with Crippen LogP contribution in [-0.4, -0.2) is 15.1 Å². The van der Waals surface area contributed by atoms with Crippen LogP contribution in [0.25, 0.3) is 0 Å². The molecular weight excluding hydrogens is 348 g/mol. The summed E-state index contributed by atoms with van der Waals surface area (Å²) in [5, 5.41) is 6.30. The molecule has 0 saturated carbocycles. The number of rotatable bonds is 6. The van der Waals surface area contributed by atoms with Crippen LogP contribution in [0.4, 0.5) is 0 Å². The van der Waals surface area contributed by atoms with Gasteiger partial charge in [-0.15, -0.1) is 0 Å². The Morgan fingerprint density at radius 2 is 1.95 bits per heavy atom. The van der Waals surface area contributed by atoms with Gasteiger partial charge in [-0.1, -0.05) is 51.8 Å². The molecule has 0 amide bonds. The van der Waals surface area contributed by atoms with E-state index in [0.29, 0.717) is 5.92 Å². The van der Waals surface area contributed by atoms with Crippen molar-refractivity contribution < 1.29 is 0 Å². The third kappa shape index (κ3) is 3.89. The quantitative estimate of drug-likeness (QED) is 0.657. The maximum absolute atomic E-state index is 6.43. The first-order chi connectivity index (χ1) is 10.1. The molecule has 0 radical (unpaired) electrons. The largest absolute Gasteiger partial charge is 0.268 e. The van der Waals surface area contributed by atoms with E-state index in [4.69, 9.17) is 11.6 Å². The van der Waals surface area contributed by atoms with Gasteiger partial charge < -0.3 is 0 Å². The Hall–Kier alpha value is -0.800. The van der Waals surface area contributed by atoms with Crippen LogP contribution in [0, 0.1) is 19.8 Å². The van der Waals surface area contributed by atoms with Gasteiger partial charge in [-0.05, 0) is 50.7 Å². The summed E-state index contributed by atoms with van der Waals surface area (Å²) in [6.45, 7) is 7.12. The highest BCUT2D eigenvalue weighted by molar-refractivity contribution is 9.09. The molecule has 0 bridgehead atoms. The molecule has 21 heavy (non-hydrogen) atoms. The van der Waals surface area contributed by atoms with E-state index in [9.17, 15) is 0 Å². The minimum Gasteiger partial charge on any atom is -0.268 e. The number of aromatic nitrogens is 2. The number of nitrogens with zero attached hydrogens (tertiary/aromatic N) is 2. The smallest absolute Gasteiger partial charge is 0.0847 e. The van der Waals surface area contributed by atoms with Gasteiger partial charge in [-0.25, -0.2) is 0 Å². The van der Waals surface area contributed by atoms with E-state index in [2.05, 4.69) is 59.1 Å². The van der Waals surface area contributed by atoms with Crippen molar-refractivity contribution in [2.75, 3.05) is 5.33 Å². The molecule has 2 nitrogen and oxygen atoms in total. The summed E-state index contributed by atoms with van der Waals surface area (Å²) in [5.41, 5.74) is 4.86. The molecule has 0 aliphatic rings. The average molecular weight is 370 g/mol. The monoisotopic (exact) mass is 368 g/mol. The highest BCUT2D eigenvalue weighted by Gasteiger charge is 2.18. The first kappa shape index (κ1) is 16.6. The lowest BCUT2D eigenvalue weighted by Gasteiger charge is -2.16. The fourth-order valence-electron chi connectivity index (χ4n) is 2.67. The lowest BCUT2D eigenvalue weighted by molar-refractivity contribution is 0.535. The van der Waals surface area contributed by atoms with Gasteiger partial charge >= 0.3 is 0 Å². The van der Waals surface area contributed by atoms with Gasteiger partial charge in [0.1, 0.15) is 0 Å². The summed E-state index contributed by atoms with van der Waals surface area (Å²) in [5.74, 6) is 0.519. The van der Waals surface area contributed by atoms with Crippen LogP contribution in [0.3, 0.4) is 0 Å². The molecule has 1 aromatic carbocycles. The predicted molar refractivity (Wildman–Crippen MR) is 93.5 cm³/mol. The van der Waals surface area contributed by atoms with E-state index in [1.807, 2.05) is 11.6 Å². The molecule has 4 heteroatoms. The summed E-state index contributed by atoms with van der Waals surface area (Å²) in [4.78, 5) is 0. The summed E-state index contributed by atoms with van der Waals surface area (Å²) in [7, 11) is 0. The minimum absolute atomic E-state index is 0.519. The van der Waals surface area contributed by atoms with Crippen LogP contribution < -0.4 is 0 Å². The van der Waals surface area contributed by atoms with E-state index in [-0.39, 0.29) is 0 Å². The van der Waals surface area contributed by atoms with Gasteiger partial charge in [-0.2, -0.15) is 5.10 Å². The molecular formula is C17H22BrClN2. The Bertz CT molecular complexity index is 607. The topological polar surface area (TPSA) is 17.8 Å². The molecule has 2 rings (SSSR count). The van der Waals surface area contributed by atoms with Crippen LogP contribution in [0.1, 0.15) is 29.4 Å². The zero-order valence-corrected chi connectivity index (χ0v) is 15.2. The van der Waals surface area contributed by atoms with Crippen molar-refractivity contribution in [1.82, 2.24) is 9.78 Å². The Morgan fingerprint density at radius 1 is 1.24 bits per heavy atom. The van der Waals surface area contributed by atoms with Gasteiger partial charge in [-0.3, -0.25) is 4.68 Å². The van der Waals surface area contributed by atoms with Crippen molar-refractivity contribution in [3.05, 3.63) is 51.8 Å². The molecule has 0 aliphatic carbocycles. The normalized spacial score (nSPS) is 12.6. The molecule has 1 heterocycles. The van der Waals surface area contributed by atoms with Crippen LogP contribution in [-0.2, 0) is 19.4 Å². The van der Waals surface area contributed by atoms with Gasteiger partial charge in [0.2, 0.25) is 0 Å². The van der Waals surface area contributed by atoms with Crippen LogP contribution in [0.15, 0.2) is 24.3 Å². The number of alkyl halides is 1. The molecule has 2 aromatic rings. The zero-order chi connectivity index (χ0) is 15.4. The van der Waals surface area contributed by atoms with Gasteiger partial charge in [0.25, 0.3) is 0 Å². The Labute approximate surface area is 140 Å². The highest BCUT2D eigenvalue weighted by atomic mass is 79.9. The molecule has 0 aliphatic heterocycles. The predicted octanol–water partition coefficient (Wildman–Crippen LogP) is 4.97. The molecule has 0 saturated heterocycles. The van der Waals surface area contributed by atoms with Gasteiger partial charge in [0.15, 0.2) is 0 Å². The summed E-state index contributed by atoms with van der Waals surface area (Å²) < 4.78 is 2.03. The molecule has 1 unspecified atom stereocenters. The summed E-state index contributed by atoms with van der Waals surface area (Å²) in [6, 6.07) is 8.60. The highest BCUT2D eigenvalue weighted by Crippen LogP contribution is 2.26. The summed E-state index contributed by atoms with van der Waals surface area (Å²) in [6.07, 6.45) is 2.01. The van der Waals surface area contributed by atoms with Crippen LogP contribution in [0.5, 0.6) is 0 Å². The molecule has 1 atom stereocenters. The number of hydrogen-bond acceptors (Lipinski definition) is 1. The number of aryl methyl sites for hydroxylation is 3. The number of benzene rings is 1. The second-order valence-electron chi connectivity index (χ2n) is 5.52. The van der Waals surface area contributed by atoms with Crippen molar-refractivity contribution in [3.63, 3.8) is 0 Å². The van der Waals surface area contributed by atoms with Crippen LogP contribution >= 0.6 is 27.5 Å². The Balaban J connectivity index is 2.18. The lowest BCUT2D eigenvalue weighted by atomic mass is 9.94. The minimum atomic E-state index is 0.519. The lowest BCUT2D eigenvalue weighted by Crippen LogP contribution is -2.14. The van der Waals surface area contributed by atoms with E-state index < -0.39 is 0 Å². The fourth-order valence-corrected chi connectivity index (χ4v) is 3.34. The second kappa shape index (κ2) is 7.46. The Morgan fingerprint density at radius 3 is 2.57 bits per heavy atom. The van der Waals surface area contributed by atoms with E-state index >= 15 is 0 Å². The third-order valence-electron chi connectivity index (χ3n) is 3.92. The van der Waals surface area contributed by atoms with Gasteiger partial charge in [0.05, 0.1) is 16.4 Å². The number of halogens is 2. The average Bonchev–Trinajstić information content (AvgIpc) is 2.76. The van der Waals surface area contributed by atoms with Gasteiger partial charge in [0, 0.05) is 11.9 Å². The molecule has 1 aromatic heterocycles. The fraction of sp³-hybridized carbons (Fsp3) is 0.471. The zero-order valence-electron chi connectivity index (χ0n) is 12.9. The van der Waals surface area contributed by atoms with E-state index in [1.54, 1.807) is 0 Å². The third-order valence-corrected chi connectivity index (χ3v) is 5.33. The van der Waals surface area contributed by atoms with E-state index in [0.717, 1.165) is 41.1 Å². The van der Waals surface area contributed by atoms with Crippen LogP contribution in [0.2, 0.25) is 5.02 Å². The van der Waals surface area contributed by atoms with Crippen molar-refractivity contribution in [1.29, 1.82) is 0 Å². The first-order valence-electron chi connectivity index (χ1n) is 7.39. The van der Waals surface area contributed by atoms with Crippen molar-refractivity contribution >= 4 is 27.5 Å². The van der Waals surface area contributed by atoms with Crippen molar-refractivity contribution in [3.8, 4) is 0 Å². The van der Waals surface area contributed by atoms with Crippen molar-refractivity contribution in [2.45, 2.75) is 40.2 Å². The second-order valence-corrected chi connectivity index (χ2v) is 6.54. The maximum Gasteiger partial charge on any atom is 0.0847 e. The van der Waals surface area contributed by atoms with Crippen molar-refractivity contribution in [2.24, 2.45) is 5.92 Å². The molecule has 0 spiro atoms. The Kier molecular flexibility index (Phi) is 5.88. The maximum atomic E-state index is 6.43. The SMILES string of the molecule is CCn1nc(C)c(Cl)c1CC(CBr)Cc1ccccc1C. The standard InChI is InChI=1S/C17H22BrClN2/c1-4-21-16(17(19)13(3)20-21)10-14(11-18)9-15-8-6-5-7-12(15)2/h5-8,14H,4,9-11H2,1-3H3. The van der Waals surface area contributed by atoms with E-state index in [1.165, 1.54) is 11.1 Å².